The summed E-state index contributed by atoms with van der Waals surface area (Å²) in [6.07, 6.45) is 5.38. The van der Waals surface area contributed by atoms with Crippen molar-refractivity contribution < 1.29 is 4.79 Å². The van der Waals surface area contributed by atoms with Crippen molar-refractivity contribution >= 4 is 27.8 Å². The number of carbonyl (C=O) groups excluding carboxylic acids is 1. The summed E-state index contributed by atoms with van der Waals surface area (Å²) in [6, 6.07) is 13.9. The molecule has 0 saturated heterocycles. The fourth-order valence-corrected chi connectivity index (χ4v) is 4.07. The van der Waals surface area contributed by atoms with Crippen LogP contribution >= 0.6 is 0 Å². The maximum Gasteiger partial charge on any atom is 0.251 e. The molecule has 0 aliphatic heterocycles. The Labute approximate surface area is 157 Å². The first-order valence-corrected chi connectivity index (χ1v) is 9.63. The number of nitrogens with one attached hydrogen (secondary N) is 3. The number of para-hydroxylation sites is 2. The molecule has 0 atom stereocenters. The number of aromatic nitrogens is 3. The molecule has 2 aromatic carbocycles. The van der Waals surface area contributed by atoms with Gasteiger partial charge in [0.25, 0.3) is 5.91 Å². The number of rotatable bonds is 4. The minimum atomic E-state index is -0.0289. The van der Waals surface area contributed by atoms with E-state index in [9.17, 15) is 4.79 Å². The van der Waals surface area contributed by atoms with E-state index in [4.69, 9.17) is 0 Å². The van der Waals surface area contributed by atoms with E-state index in [2.05, 4.69) is 20.3 Å². The van der Waals surface area contributed by atoms with Crippen LogP contribution in [0.2, 0.25) is 0 Å². The summed E-state index contributed by atoms with van der Waals surface area (Å²) in [7, 11) is 0. The number of aryl methyl sites for hydroxylation is 2. The highest BCUT2D eigenvalue weighted by atomic mass is 16.1. The Morgan fingerprint density at radius 3 is 2.85 bits per heavy atom. The molecule has 0 saturated carbocycles. The number of amides is 1. The van der Waals surface area contributed by atoms with Crippen molar-refractivity contribution in [2.45, 2.75) is 32.1 Å². The molecule has 136 valence electrons. The molecule has 1 amide bonds. The Kier molecular flexibility index (Phi) is 3.93. The van der Waals surface area contributed by atoms with Gasteiger partial charge in [0, 0.05) is 35.1 Å². The van der Waals surface area contributed by atoms with Gasteiger partial charge in [-0.1, -0.05) is 12.1 Å². The van der Waals surface area contributed by atoms with Gasteiger partial charge in [-0.25, -0.2) is 4.98 Å². The largest absolute Gasteiger partial charge is 0.358 e. The molecule has 0 bridgehead atoms. The van der Waals surface area contributed by atoms with Crippen molar-refractivity contribution in [2.75, 3.05) is 6.54 Å². The fourth-order valence-electron chi connectivity index (χ4n) is 4.07. The van der Waals surface area contributed by atoms with Crippen molar-refractivity contribution in [2.24, 2.45) is 0 Å². The lowest BCUT2D eigenvalue weighted by Gasteiger charge is -2.10. The number of hydrogen-bond acceptors (Lipinski definition) is 2. The highest BCUT2D eigenvalue weighted by Crippen LogP contribution is 2.29. The molecule has 0 radical (unpaired) electrons. The Hall–Kier alpha value is -3.08. The second-order valence-corrected chi connectivity index (χ2v) is 7.26. The van der Waals surface area contributed by atoms with Gasteiger partial charge in [0.2, 0.25) is 0 Å². The van der Waals surface area contributed by atoms with Crippen molar-refractivity contribution in [3.05, 3.63) is 65.1 Å². The van der Waals surface area contributed by atoms with E-state index in [0.29, 0.717) is 13.0 Å². The number of imidazole rings is 1. The van der Waals surface area contributed by atoms with Gasteiger partial charge in [0.05, 0.1) is 11.0 Å². The van der Waals surface area contributed by atoms with Crippen LogP contribution in [0.3, 0.4) is 0 Å². The molecule has 2 aromatic heterocycles. The lowest BCUT2D eigenvalue weighted by molar-refractivity contribution is 0.0954. The van der Waals surface area contributed by atoms with Gasteiger partial charge in [-0.2, -0.15) is 0 Å². The molecule has 5 rings (SSSR count). The molecule has 0 unspecified atom stereocenters. The lowest BCUT2D eigenvalue weighted by Crippen LogP contribution is -2.25. The molecular weight excluding hydrogens is 336 g/mol. The van der Waals surface area contributed by atoms with Crippen LogP contribution in [-0.4, -0.2) is 27.4 Å². The molecule has 2 heterocycles. The summed E-state index contributed by atoms with van der Waals surface area (Å²) in [5.41, 5.74) is 6.59. The normalized spacial score (nSPS) is 13.8. The smallest absolute Gasteiger partial charge is 0.251 e. The molecule has 0 fully saturated rings. The number of hydrogen-bond donors (Lipinski definition) is 3. The zero-order valence-corrected chi connectivity index (χ0v) is 15.1. The standard InChI is InChI=1S/C22H22N4O/c27-22(23-12-11-21-25-19-7-3-4-8-20(19)26-21)14-9-10-18-16(13-14)15-5-1-2-6-17(15)24-18/h3-4,7-10,13,24H,1-2,5-6,11-12H2,(H,23,27)(H,25,26). The van der Waals surface area contributed by atoms with Crippen LogP contribution in [-0.2, 0) is 19.3 Å². The van der Waals surface area contributed by atoms with Crippen LogP contribution in [0.25, 0.3) is 21.9 Å². The average Bonchev–Trinajstić information content (AvgIpc) is 3.28. The Morgan fingerprint density at radius 1 is 1.04 bits per heavy atom. The number of H-pyrrole nitrogens is 2. The third kappa shape index (κ3) is 2.99. The van der Waals surface area contributed by atoms with E-state index in [1.807, 2.05) is 42.5 Å². The second-order valence-electron chi connectivity index (χ2n) is 7.26. The third-order valence-corrected chi connectivity index (χ3v) is 5.45. The number of benzene rings is 2. The number of nitrogens with zero attached hydrogens (tertiary/aromatic N) is 1. The van der Waals surface area contributed by atoms with Crippen molar-refractivity contribution in [3.63, 3.8) is 0 Å². The van der Waals surface area contributed by atoms with Crippen LogP contribution in [0.1, 0.15) is 40.3 Å². The van der Waals surface area contributed by atoms with Crippen molar-refractivity contribution in [1.29, 1.82) is 0 Å². The zero-order chi connectivity index (χ0) is 18.2. The lowest BCUT2D eigenvalue weighted by atomic mass is 9.95. The first-order valence-electron chi connectivity index (χ1n) is 9.63. The van der Waals surface area contributed by atoms with Crippen LogP contribution in [0.4, 0.5) is 0 Å². The van der Waals surface area contributed by atoms with E-state index in [1.165, 1.54) is 29.5 Å². The van der Waals surface area contributed by atoms with Gasteiger partial charge in [0.1, 0.15) is 5.82 Å². The third-order valence-electron chi connectivity index (χ3n) is 5.45. The summed E-state index contributed by atoms with van der Waals surface area (Å²) >= 11 is 0. The predicted molar refractivity (Wildman–Crippen MR) is 107 cm³/mol. The van der Waals surface area contributed by atoms with Crippen LogP contribution in [0.5, 0.6) is 0 Å². The fraction of sp³-hybridized carbons (Fsp3) is 0.273. The Balaban J connectivity index is 1.29. The van der Waals surface area contributed by atoms with Crippen molar-refractivity contribution in [3.8, 4) is 0 Å². The molecule has 5 heteroatoms. The van der Waals surface area contributed by atoms with E-state index in [1.54, 1.807) is 0 Å². The molecule has 27 heavy (non-hydrogen) atoms. The van der Waals surface area contributed by atoms with E-state index in [0.717, 1.165) is 40.8 Å². The Morgan fingerprint density at radius 2 is 1.93 bits per heavy atom. The first-order chi connectivity index (χ1) is 13.3. The number of aromatic amines is 2. The molecule has 1 aliphatic rings. The minimum absolute atomic E-state index is 0.0289. The highest BCUT2D eigenvalue weighted by Gasteiger charge is 2.16. The predicted octanol–water partition coefficient (Wildman–Crippen LogP) is 3.90. The summed E-state index contributed by atoms with van der Waals surface area (Å²) in [5.74, 6) is 0.866. The monoisotopic (exact) mass is 358 g/mol. The molecule has 1 aliphatic carbocycles. The van der Waals surface area contributed by atoms with Gasteiger partial charge in [-0.05, 0) is 61.6 Å². The zero-order valence-electron chi connectivity index (χ0n) is 15.1. The second kappa shape index (κ2) is 6.58. The van der Waals surface area contributed by atoms with Gasteiger partial charge < -0.3 is 15.3 Å². The maximum atomic E-state index is 12.6. The van der Waals surface area contributed by atoms with Gasteiger partial charge in [-0.3, -0.25) is 4.79 Å². The first kappa shape index (κ1) is 16.1. The summed E-state index contributed by atoms with van der Waals surface area (Å²) in [4.78, 5) is 24.0. The minimum Gasteiger partial charge on any atom is -0.358 e. The number of carbonyl (C=O) groups is 1. The maximum absolute atomic E-state index is 12.6. The molecular formula is C22H22N4O. The summed E-state index contributed by atoms with van der Waals surface area (Å²) in [6.45, 7) is 0.557. The molecule has 4 aromatic rings. The van der Waals surface area contributed by atoms with E-state index >= 15 is 0 Å². The van der Waals surface area contributed by atoms with Crippen LogP contribution < -0.4 is 5.32 Å². The SMILES string of the molecule is O=C(NCCc1nc2ccccc2[nH]1)c1ccc2[nH]c3c(c2c1)CCCC3. The van der Waals surface area contributed by atoms with E-state index < -0.39 is 0 Å². The van der Waals surface area contributed by atoms with Gasteiger partial charge in [-0.15, -0.1) is 0 Å². The summed E-state index contributed by atoms with van der Waals surface area (Å²) in [5, 5.41) is 4.22. The van der Waals surface area contributed by atoms with Crippen LogP contribution in [0, 0.1) is 0 Å². The molecule has 5 nitrogen and oxygen atoms in total. The van der Waals surface area contributed by atoms with Gasteiger partial charge >= 0.3 is 0 Å². The number of fused-ring (bicyclic) bond motifs is 4. The quantitative estimate of drug-likeness (QED) is 0.518. The highest BCUT2D eigenvalue weighted by molar-refractivity contribution is 5.99. The van der Waals surface area contributed by atoms with Crippen molar-refractivity contribution in [1.82, 2.24) is 20.3 Å². The van der Waals surface area contributed by atoms with E-state index in [-0.39, 0.29) is 5.91 Å². The molecule has 0 spiro atoms. The van der Waals surface area contributed by atoms with Crippen LogP contribution in [0.15, 0.2) is 42.5 Å². The summed E-state index contributed by atoms with van der Waals surface area (Å²) < 4.78 is 0. The molecule has 3 N–H and O–H groups in total. The average molecular weight is 358 g/mol. The van der Waals surface area contributed by atoms with Gasteiger partial charge in [0.15, 0.2) is 0 Å². The Bertz CT molecular complexity index is 1100. The topological polar surface area (TPSA) is 73.6 Å².